The maximum absolute atomic E-state index is 13.9. The van der Waals surface area contributed by atoms with Crippen LogP contribution in [0, 0.1) is 3.57 Å². The molecule has 192 valence electrons. The zero-order chi connectivity index (χ0) is 27.0. The molecule has 1 aliphatic rings. The van der Waals surface area contributed by atoms with Crippen LogP contribution in [0.2, 0.25) is 5.02 Å². The Hall–Kier alpha value is -2.73. The number of thiazole rings is 1. The zero-order valence-corrected chi connectivity index (χ0v) is 25.1. The molecule has 3 aromatic carbocycles. The SMILES string of the molecule is CCOC(=O)C1=C(c2ccccc2)N=c2s/c(=C/c3cc(Br)cc(I)c3O)c(=O)n2[C@H]1c1ccc(Cl)cc1. The molecule has 0 spiro atoms. The molecule has 1 atom stereocenters. The van der Waals surface area contributed by atoms with E-state index in [1.807, 2.05) is 52.9 Å². The van der Waals surface area contributed by atoms with Crippen molar-refractivity contribution >= 4 is 79.2 Å². The quantitative estimate of drug-likeness (QED) is 0.213. The van der Waals surface area contributed by atoms with Crippen LogP contribution in [0.5, 0.6) is 5.75 Å². The van der Waals surface area contributed by atoms with E-state index in [0.29, 0.717) is 34.8 Å². The summed E-state index contributed by atoms with van der Waals surface area (Å²) >= 11 is 12.8. The number of aromatic hydroxyl groups is 1. The largest absolute Gasteiger partial charge is 0.506 e. The normalized spacial score (nSPS) is 15.3. The number of benzene rings is 3. The third-order valence-corrected chi connectivity index (χ3v) is 8.42. The van der Waals surface area contributed by atoms with Crippen molar-refractivity contribution in [3.8, 4) is 5.75 Å². The van der Waals surface area contributed by atoms with Gasteiger partial charge in [-0.2, -0.15) is 0 Å². The van der Waals surface area contributed by atoms with Crippen LogP contribution in [0.25, 0.3) is 11.8 Å². The summed E-state index contributed by atoms with van der Waals surface area (Å²) in [6.07, 6.45) is 1.64. The lowest BCUT2D eigenvalue weighted by atomic mass is 9.93. The van der Waals surface area contributed by atoms with Gasteiger partial charge in [0.15, 0.2) is 4.80 Å². The number of carbonyl (C=O) groups excluding carboxylic acids is 1. The van der Waals surface area contributed by atoms with Crippen LogP contribution < -0.4 is 14.9 Å². The Morgan fingerprint density at radius 3 is 2.61 bits per heavy atom. The highest BCUT2D eigenvalue weighted by Crippen LogP contribution is 2.35. The molecule has 5 rings (SSSR count). The summed E-state index contributed by atoms with van der Waals surface area (Å²) in [5, 5.41) is 11.2. The number of carbonyl (C=O) groups is 1. The molecule has 0 radical (unpaired) electrons. The highest BCUT2D eigenvalue weighted by atomic mass is 127. The van der Waals surface area contributed by atoms with Gasteiger partial charge in [-0.05, 0) is 65.4 Å². The average molecular weight is 722 g/mol. The van der Waals surface area contributed by atoms with Crippen molar-refractivity contribution in [3.63, 3.8) is 0 Å². The number of aromatic nitrogens is 1. The molecule has 0 aliphatic carbocycles. The zero-order valence-electron chi connectivity index (χ0n) is 19.8. The van der Waals surface area contributed by atoms with Crippen molar-refractivity contribution in [3.05, 3.63) is 122 Å². The van der Waals surface area contributed by atoms with Gasteiger partial charge in [-0.25, -0.2) is 9.79 Å². The lowest BCUT2D eigenvalue weighted by molar-refractivity contribution is -0.138. The van der Waals surface area contributed by atoms with E-state index in [4.69, 9.17) is 21.3 Å². The van der Waals surface area contributed by atoms with E-state index in [-0.39, 0.29) is 23.5 Å². The lowest BCUT2D eigenvalue weighted by Gasteiger charge is -2.25. The first kappa shape index (κ1) is 26.9. The molecular weight excluding hydrogens is 703 g/mol. The Labute approximate surface area is 248 Å². The molecule has 0 fully saturated rings. The number of fused-ring (bicyclic) bond motifs is 1. The van der Waals surface area contributed by atoms with Crippen molar-refractivity contribution in [1.82, 2.24) is 4.57 Å². The molecule has 0 bridgehead atoms. The number of rotatable bonds is 5. The van der Waals surface area contributed by atoms with Crippen molar-refractivity contribution in [1.29, 1.82) is 0 Å². The highest BCUT2D eigenvalue weighted by molar-refractivity contribution is 14.1. The molecule has 1 aliphatic heterocycles. The molecular formula is C28H19BrClIN2O4S. The number of hydrogen-bond acceptors (Lipinski definition) is 6. The third kappa shape index (κ3) is 5.12. The minimum atomic E-state index is -0.795. The molecule has 10 heteroatoms. The van der Waals surface area contributed by atoms with Crippen molar-refractivity contribution in [2.45, 2.75) is 13.0 Å². The highest BCUT2D eigenvalue weighted by Gasteiger charge is 2.35. The van der Waals surface area contributed by atoms with Crippen molar-refractivity contribution in [2.75, 3.05) is 6.61 Å². The van der Waals surface area contributed by atoms with E-state index < -0.39 is 12.0 Å². The average Bonchev–Trinajstić information content (AvgIpc) is 3.21. The molecule has 2 heterocycles. The molecule has 38 heavy (non-hydrogen) atoms. The van der Waals surface area contributed by atoms with Crippen LogP contribution in [0.1, 0.15) is 29.7 Å². The van der Waals surface area contributed by atoms with Crippen LogP contribution in [0.3, 0.4) is 0 Å². The number of phenolic OH excluding ortho intramolecular Hbond substituents is 1. The summed E-state index contributed by atoms with van der Waals surface area (Å²) in [5.74, 6) is -0.477. The second-order valence-corrected chi connectivity index (χ2v) is 11.8. The molecule has 0 saturated heterocycles. The smallest absolute Gasteiger partial charge is 0.338 e. The van der Waals surface area contributed by atoms with Gasteiger partial charge in [0.2, 0.25) is 0 Å². The first-order chi connectivity index (χ1) is 18.3. The van der Waals surface area contributed by atoms with Gasteiger partial charge < -0.3 is 9.84 Å². The van der Waals surface area contributed by atoms with Crippen LogP contribution >= 0.6 is 61.5 Å². The topological polar surface area (TPSA) is 80.9 Å². The van der Waals surface area contributed by atoms with Gasteiger partial charge >= 0.3 is 5.97 Å². The van der Waals surface area contributed by atoms with Crippen molar-refractivity contribution in [2.24, 2.45) is 4.99 Å². The Morgan fingerprint density at radius 1 is 1.21 bits per heavy atom. The molecule has 1 aromatic heterocycles. The molecule has 6 nitrogen and oxygen atoms in total. The Bertz CT molecular complexity index is 1770. The van der Waals surface area contributed by atoms with Crippen LogP contribution in [0.4, 0.5) is 0 Å². The fourth-order valence-electron chi connectivity index (χ4n) is 4.24. The van der Waals surface area contributed by atoms with Crippen LogP contribution in [-0.2, 0) is 9.53 Å². The van der Waals surface area contributed by atoms with E-state index in [1.165, 1.54) is 15.9 Å². The minimum Gasteiger partial charge on any atom is -0.506 e. The summed E-state index contributed by atoms with van der Waals surface area (Å²) in [6, 6.07) is 19.1. The molecule has 0 saturated carbocycles. The summed E-state index contributed by atoms with van der Waals surface area (Å²) in [6.45, 7) is 1.90. The summed E-state index contributed by atoms with van der Waals surface area (Å²) in [4.78, 5) is 32.6. The summed E-state index contributed by atoms with van der Waals surface area (Å²) in [7, 11) is 0. The molecule has 0 unspecified atom stereocenters. The van der Waals surface area contributed by atoms with Crippen LogP contribution in [0.15, 0.2) is 86.6 Å². The van der Waals surface area contributed by atoms with E-state index in [0.717, 1.165) is 10.0 Å². The number of phenols is 1. The Morgan fingerprint density at radius 2 is 1.92 bits per heavy atom. The first-order valence-corrected chi connectivity index (χ1v) is 14.6. The van der Waals surface area contributed by atoms with Gasteiger partial charge in [0.1, 0.15) is 5.75 Å². The van der Waals surface area contributed by atoms with E-state index in [1.54, 1.807) is 49.4 Å². The molecule has 0 amide bonds. The maximum Gasteiger partial charge on any atom is 0.338 e. The van der Waals surface area contributed by atoms with Gasteiger partial charge in [0.25, 0.3) is 5.56 Å². The first-order valence-electron chi connectivity index (χ1n) is 11.5. The number of nitrogens with zero attached hydrogens (tertiary/aromatic N) is 2. The minimum absolute atomic E-state index is 0.0751. The van der Waals surface area contributed by atoms with Crippen molar-refractivity contribution < 1.29 is 14.6 Å². The number of halogens is 3. The monoisotopic (exact) mass is 720 g/mol. The second-order valence-electron chi connectivity index (χ2n) is 8.31. The van der Waals surface area contributed by atoms with E-state index >= 15 is 0 Å². The summed E-state index contributed by atoms with van der Waals surface area (Å²) < 4.78 is 8.76. The standard InChI is InChI=1S/C28H19BrClIN2O4S/c1-2-37-27(36)22-23(15-6-4-3-5-7-15)32-28-33(24(22)16-8-10-19(30)11-9-16)26(35)21(38-28)13-17-12-18(29)14-20(31)25(17)34/h3-14,24,34H,2H2,1H3/b21-13+/t24-/m0/s1. The van der Waals surface area contributed by atoms with Gasteiger partial charge in [0.05, 0.1) is 32.0 Å². The van der Waals surface area contributed by atoms with Gasteiger partial charge in [0, 0.05) is 20.6 Å². The second kappa shape index (κ2) is 11.2. The number of ether oxygens (including phenoxy) is 1. The predicted molar refractivity (Wildman–Crippen MR) is 161 cm³/mol. The van der Waals surface area contributed by atoms with E-state index in [2.05, 4.69) is 15.9 Å². The Balaban J connectivity index is 1.84. The third-order valence-electron chi connectivity index (χ3n) is 5.90. The predicted octanol–water partition coefficient (Wildman–Crippen LogP) is 5.66. The maximum atomic E-state index is 13.9. The summed E-state index contributed by atoms with van der Waals surface area (Å²) in [5.41, 5.74) is 2.28. The fraction of sp³-hybridized carbons (Fsp3) is 0.107. The van der Waals surface area contributed by atoms with Gasteiger partial charge in [-0.15, -0.1) is 0 Å². The fourth-order valence-corrected chi connectivity index (χ4v) is 6.91. The van der Waals surface area contributed by atoms with Crippen LogP contribution in [-0.4, -0.2) is 22.2 Å². The Kier molecular flexibility index (Phi) is 7.90. The van der Waals surface area contributed by atoms with Gasteiger partial charge in [-0.3, -0.25) is 9.36 Å². The molecule has 1 N–H and O–H groups in total. The van der Waals surface area contributed by atoms with Gasteiger partial charge in [-0.1, -0.05) is 81.3 Å². The number of hydrogen-bond donors (Lipinski definition) is 1. The number of esters is 1. The molecule has 4 aromatic rings. The van der Waals surface area contributed by atoms with E-state index in [9.17, 15) is 14.7 Å². The lowest BCUT2D eigenvalue weighted by Crippen LogP contribution is -2.40.